The maximum Gasteiger partial charge on any atom is 0.255 e. The van der Waals surface area contributed by atoms with Crippen LogP contribution in [0.25, 0.3) is 0 Å². The summed E-state index contributed by atoms with van der Waals surface area (Å²) in [6.45, 7) is 1.33. The van der Waals surface area contributed by atoms with Gasteiger partial charge >= 0.3 is 0 Å². The Morgan fingerprint density at radius 3 is 2.75 bits per heavy atom. The van der Waals surface area contributed by atoms with Gasteiger partial charge in [0.05, 0.1) is 17.4 Å². The van der Waals surface area contributed by atoms with Crippen LogP contribution in [0.3, 0.4) is 0 Å². The third-order valence-electron chi connectivity index (χ3n) is 3.87. The van der Waals surface area contributed by atoms with E-state index in [1.165, 1.54) is 0 Å². The molecule has 0 saturated carbocycles. The van der Waals surface area contributed by atoms with E-state index in [0.717, 1.165) is 19.4 Å². The molecule has 1 fully saturated rings. The highest BCUT2D eigenvalue weighted by molar-refractivity contribution is 6.04. The second-order valence-corrected chi connectivity index (χ2v) is 5.58. The Morgan fingerprint density at radius 1 is 1.25 bits per heavy atom. The molecule has 0 aliphatic carbocycles. The minimum absolute atomic E-state index is 0.162. The fraction of sp³-hybridized carbons (Fsp3) is 0.263. The highest BCUT2D eigenvalue weighted by Crippen LogP contribution is 2.18. The Hall–Kier alpha value is -2.84. The second kappa shape index (κ2) is 7.62. The summed E-state index contributed by atoms with van der Waals surface area (Å²) < 4.78 is 11.2. The maximum atomic E-state index is 12.3. The van der Waals surface area contributed by atoms with Crippen LogP contribution in [0.2, 0.25) is 0 Å². The monoisotopic (exact) mass is 322 g/mol. The number of carbonyl (C=O) groups excluding carboxylic acids is 1. The van der Waals surface area contributed by atoms with Crippen LogP contribution in [0, 0.1) is 11.3 Å². The van der Waals surface area contributed by atoms with E-state index >= 15 is 0 Å². The number of nitrogens with zero attached hydrogens (tertiary/aromatic N) is 1. The molecule has 2 aromatic carbocycles. The van der Waals surface area contributed by atoms with E-state index in [0.29, 0.717) is 29.2 Å². The lowest BCUT2D eigenvalue weighted by Crippen LogP contribution is -2.16. The Morgan fingerprint density at radius 2 is 2.04 bits per heavy atom. The highest BCUT2D eigenvalue weighted by Gasteiger charge is 2.16. The summed E-state index contributed by atoms with van der Waals surface area (Å²) in [5, 5.41) is 11.8. The van der Waals surface area contributed by atoms with Gasteiger partial charge in [0.15, 0.2) is 0 Å². The first-order chi connectivity index (χ1) is 11.8. The molecule has 1 N–H and O–H groups in total. The Kier molecular flexibility index (Phi) is 5.09. The number of amides is 1. The summed E-state index contributed by atoms with van der Waals surface area (Å²) >= 11 is 0. The minimum Gasteiger partial charge on any atom is -0.491 e. The molecule has 0 aromatic heterocycles. The molecule has 2 aromatic rings. The van der Waals surface area contributed by atoms with E-state index < -0.39 is 0 Å². The molecule has 5 nitrogen and oxygen atoms in total. The largest absolute Gasteiger partial charge is 0.491 e. The predicted molar refractivity (Wildman–Crippen MR) is 90.0 cm³/mol. The maximum absolute atomic E-state index is 12.3. The smallest absolute Gasteiger partial charge is 0.255 e. The number of nitriles is 1. The lowest BCUT2D eigenvalue weighted by Gasteiger charge is -2.12. The van der Waals surface area contributed by atoms with Crippen molar-refractivity contribution in [2.75, 3.05) is 18.5 Å². The molecule has 0 bridgehead atoms. The van der Waals surface area contributed by atoms with E-state index in [4.69, 9.17) is 14.7 Å². The molecule has 3 rings (SSSR count). The Bertz CT molecular complexity index is 744. The molecule has 1 heterocycles. The summed E-state index contributed by atoms with van der Waals surface area (Å²) in [6.07, 6.45) is 2.27. The molecule has 1 aliphatic rings. The van der Waals surface area contributed by atoms with E-state index in [1.54, 1.807) is 48.5 Å². The fourth-order valence-electron chi connectivity index (χ4n) is 2.55. The average molecular weight is 322 g/mol. The molecule has 1 aliphatic heterocycles. The van der Waals surface area contributed by atoms with E-state index in [1.807, 2.05) is 0 Å². The van der Waals surface area contributed by atoms with Gasteiger partial charge in [-0.05, 0) is 49.2 Å². The lowest BCUT2D eigenvalue weighted by molar-refractivity contribution is 0.0679. The summed E-state index contributed by atoms with van der Waals surface area (Å²) in [5.74, 6) is 0.447. The van der Waals surface area contributed by atoms with Gasteiger partial charge in [-0.2, -0.15) is 5.26 Å². The number of hydrogen-bond donors (Lipinski definition) is 1. The van der Waals surface area contributed by atoms with Crippen molar-refractivity contribution < 1.29 is 14.3 Å². The zero-order valence-corrected chi connectivity index (χ0v) is 13.2. The molecule has 0 unspecified atom stereocenters. The van der Waals surface area contributed by atoms with Gasteiger partial charge in [-0.1, -0.05) is 12.1 Å². The molecule has 1 amide bonds. The standard InChI is InChI=1S/C19H18N2O3/c20-12-15-4-1-2-6-18(15)21-19(22)14-7-9-16(10-8-14)24-13-17-5-3-11-23-17/h1-2,4,6-10,17H,3,5,11,13H2,(H,21,22)/t17-/m1/s1. The van der Waals surface area contributed by atoms with Gasteiger partial charge in [0, 0.05) is 12.2 Å². The average Bonchev–Trinajstić information content (AvgIpc) is 3.14. The van der Waals surface area contributed by atoms with Crippen molar-refractivity contribution in [1.29, 1.82) is 5.26 Å². The predicted octanol–water partition coefficient (Wildman–Crippen LogP) is 3.37. The Balaban J connectivity index is 1.60. The van der Waals surface area contributed by atoms with Crippen molar-refractivity contribution >= 4 is 11.6 Å². The number of carbonyl (C=O) groups is 1. The molecule has 0 spiro atoms. The van der Waals surface area contributed by atoms with Crippen molar-refractivity contribution in [2.45, 2.75) is 18.9 Å². The summed E-state index contributed by atoms with van der Waals surface area (Å²) in [4.78, 5) is 12.3. The van der Waals surface area contributed by atoms with Crippen LogP contribution in [0.15, 0.2) is 48.5 Å². The lowest BCUT2D eigenvalue weighted by atomic mass is 10.1. The van der Waals surface area contributed by atoms with Crippen molar-refractivity contribution in [3.05, 3.63) is 59.7 Å². The van der Waals surface area contributed by atoms with Crippen LogP contribution in [-0.2, 0) is 4.74 Å². The zero-order chi connectivity index (χ0) is 16.8. The first-order valence-corrected chi connectivity index (χ1v) is 7.91. The van der Waals surface area contributed by atoms with Gasteiger partial charge in [0.2, 0.25) is 0 Å². The Labute approximate surface area is 140 Å². The van der Waals surface area contributed by atoms with Gasteiger partial charge in [0.25, 0.3) is 5.91 Å². The van der Waals surface area contributed by atoms with Gasteiger partial charge in [-0.15, -0.1) is 0 Å². The highest BCUT2D eigenvalue weighted by atomic mass is 16.5. The van der Waals surface area contributed by atoms with Crippen LogP contribution in [-0.4, -0.2) is 25.2 Å². The fourth-order valence-corrected chi connectivity index (χ4v) is 2.55. The molecule has 24 heavy (non-hydrogen) atoms. The SMILES string of the molecule is N#Cc1ccccc1NC(=O)c1ccc(OC[C@H]2CCCO2)cc1. The summed E-state index contributed by atoms with van der Waals surface area (Å²) in [7, 11) is 0. The zero-order valence-electron chi connectivity index (χ0n) is 13.2. The summed E-state index contributed by atoms with van der Waals surface area (Å²) in [5.41, 5.74) is 1.44. The van der Waals surface area contributed by atoms with Gasteiger partial charge in [0.1, 0.15) is 18.4 Å². The summed E-state index contributed by atoms with van der Waals surface area (Å²) in [6, 6.07) is 15.9. The van der Waals surface area contributed by atoms with Crippen LogP contribution in [0.5, 0.6) is 5.75 Å². The number of hydrogen-bond acceptors (Lipinski definition) is 4. The number of ether oxygens (including phenoxy) is 2. The van der Waals surface area contributed by atoms with E-state index in [2.05, 4.69) is 11.4 Å². The minimum atomic E-state index is -0.261. The molecule has 1 saturated heterocycles. The van der Waals surface area contributed by atoms with E-state index in [9.17, 15) is 4.79 Å². The molecule has 122 valence electrons. The van der Waals surface area contributed by atoms with E-state index in [-0.39, 0.29) is 12.0 Å². The number of rotatable bonds is 5. The molecular weight excluding hydrogens is 304 g/mol. The topological polar surface area (TPSA) is 71.4 Å². The molecular formula is C19H18N2O3. The van der Waals surface area contributed by atoms with Gasteiger partial charge < -0.3 is 14.8 Å². The second-order valence-electron chi connectivity index (χ2n) is 5.58. The van der Waals surface area contributed by atoms with Crippen molar-refractivity contribution in [2.24, 2.45) is 0 Å². The molecule has 5 heteroatoms. The normalized spacial score (nSPS) is 16.4. The van der Waals surface area contributed by atoms with Crippen LogP contribution in [0.4, 0.5) is 5.69 Å². The van der Waals surface area contributed by atoms with Crippen LogP contribution < -0.4 is 10.1 Å². The first kappa shape index (κ1) is 16.0. The third-order valence-corrected chi connectivity index (χ3v) is 3.87. The number of para-hydroxylation sites is 1. The van der Waals surface area contributed by atoms with Crippen molar-refractivity contribution in [3.63, 3.8) is 0 Å². The third kappa shape index (κ3) is 3.92. The van der Waals surface area contributed by atoms with Crippen LogP contribution >= 0.6 is 0 Å². The molecule has 0 radical (unpaired) electrons. The quantitative estimate of drug-likeness (QED) is 0.916. The van der Waals surface area contributed by atoms with Gasteiger partial charge in [-0.3, -0.25) is 4.79 Å². The molecule has 1 atom stereocenters. The number of benzene rings is 2. The number of nitrogens with one attached hydrogen (secondary N) is 1. The van der Waals surface area contributed by atoms with Gasteiger partial charge in [-0.25, -0.2) is 0 Å². The number of anilines is 1. The van der Waals surface area contributed by atoms with Crippen molar-refractivity contribution in [3.8, 4) is 11.8 Å². The van der Waals surface area contributed by atoms with Crippen LogP contribution in [0.1, 0.15) is 28.8 Å². The first-order valence-electron chi connectivity index (χ1n) is 7.91. The van der Waals surface area contributed by atoms with Crippen molar-refractivity contribution in [1.82, 2.24) is 0 Å².